The average Bonchev–Trinajstić information content (AvgIpc) is 3.04. The highest BCUT2D eigenvalue weighted by atomic mass is 32.1. The number of fused-ring (bicyclic) bond motifs is 1. The van der Waals surface area contributed by atoms with Gasteiger partial charge in [0.2, 0.25) is 0 Å². The van der Waals surface area contributed by atoms with Gasteiger partial charge in [-0.25, -0.2) is 9.78 Å². The Morgan fingerprint density at radius 2 is 2.16 bits per heavy atom. The number of thiophene rings is 1. The van der Waals surface area contributed by atoms with E-state index < -0.39 is 5.97 Å². The number of aromatic nitrogens is 1. The van der Waals surface area contributed by atoms with Gasteiger partial charge in [-0.05, 0) is 35.9 Å². The van der Waals surface area contributed by atoms with Crippen LogP contribution in [-0.4, -0.2) is 16.1 Å². The second-order valence-corrected chi connectivity index (χ2v) is 5.91. The van der Waals surface area contributed by atoms with Gasteiger partial charge in [0.25, 0.3) is 0 Å². The van der Waals surface area contributed by atoms with Crippen LogP contribution >= 0.6 is 22.7 Å². The van der Waals surface area contributed by atoms with Crippen molar-refractivity contribution in [1.82, 2.24) is 4.98 Å². The van der Waals surface area contributed by atoms with Crippen LogP contribution in [0.2, 0.25) is 0 Å². The Balaban J connectivity index is 1.95. The number of thiazole rings is 1. The number of carboxylic acid groups (broad SMARTS) is 1. The SMILES string of the molecule is O=C(O)/C=C/c1ccc(-c2ccc3ncsc3c2)s1. The molecule has 0 radical (unpaired) electrons. The van der Waals surface area contributed by atoms with Crippen molar-refractivity contribution in [2.45, 2.75) is 0 Å². The maximum absolute atomic E-state index is 10.5. The molecule has 0 atom stereocenters. The predicted octanol–water partition coefficient (Wildman–Crippen LogP) is 4.12. The largest absolute Gasteiger partial charge is 0.478 e. The van der Waals surface area contributed by atoms with Gasteiger partial charge in [-0.3, -0.25) is 0 Å². The number of carboxylic acids is 1. The summed E-state index contributed by atoms with van der Waals surface area (Å²) < 4.78 is 1.16. The number of nitrogens with zero attached hydrogens (tertiary/aromatic N) is 1. The Morgan fingerprint density at radius 3 is 3.00 bits per heavy atom. The number of hydrogen-bond donors (Lipinski definition) is 1. The zero-order valence-electron chi connectivity index (χ0n) is 9.74. The van der Waals surface area contributed by atoms with Crippen LogP contribution in [0.5, 0.6) is 0 Å². The molecule has 0 aliphatic heterocycles. The molecule has 0 saturated heterocycles. The summed E-state index contributed by atoms with van der Waals surface area (Å²) in [5.41, 5.74) is 3.98. The number of aliphatic carboxylic acids is 1. The van der Waals surface area contributed by atoms with Crippen LogP contribution in [0.3, 0.4) is 0 Å². The molecule has 0 saturated carbocycles. The molecule has 2 aromatic heterocycles. The highest BCUT2D eigenvalue weighted by molar-refractivity contribution is 7.17. The predicted molar refractivity (Wildman–Crippen MR) is 79.6 cm³/mol. The van der Waals surface area contributed by atoms with Crippen LogP contribution in [0.1, 0.15) is 4.88 Å². The monoisotopic (exact) mass is 287 g/mol. The van der Waals surface area contributed by atoms with Crippen LogP contribution < -0.4 is 0 Å². The van der Waals surface area contributed by atoms with E-state index in [1.54, 1.807) is 28.7 Å². The quantitative estimate of drug-likeness (QED) is 0.737. The van der Waals surface area contributed by atoms with E-state index in [-0.39, 0.29) is 0 Å². The van der Waals surface area contributed by atoms with E-state index in [0.29, 0.717) is 0 Å². The molecule has 0 aliphatic rings. The first-order chi connectivity index (χ1) is 9.22. The summed E-state index contributed by atoms with van der Waals surface area (Å²) >= 11 is 3.19. The van der Waals surface area contributed by atoms with Crippen molar-refractivity contribution in [3.8, 4) is 10.4 Å². The zero-order valence-corrected chi connectivity index (χ0v) is 11.4. The number of benzene rings is 1. The Bertz CT molecular complexity index is 770. The van der Waals surface area contributed by atoms with E-state index in [4.69, 9.17) is 5.11 Å². The smallest absolute Gasteiger partial charge is 0.328 e. The van der Waals surface area contributed by atoms with Gasteiger partial charge in [-0.15, -0.1) is 22.7 Å². The van der Waals surface area contributed by atoms with E-state index in [2.05, 4.69) is 11.1 Å². The van der Waals surface area contributed by atoms with Gasteiger partial charge in [-0.1, -0.05) is 6.07 Å². The fourth-order valence-corrected chi connectivity index (χ4v) is 3.38. The van der Waals surface area contributed by atoms with Gasteiger partial charge in [0, 0.05) is 15.8 Å². The molecule has 0 fully saturated rings. The van der Waals surface area contributed by atoms with E-state index in [1.807, 2.05) is 29.8 Å². The van der Waals surface area contributed by atoms with Crippen LogP contribution in [0.4, 0.5) is 0 Å². The lowest BCUT2D eigenvalue weighted by atomic mass is 10.2. The van der Waals surface area contributed by atoms with Crippen LogP contribution in [0.15, 0.2) is 41.9 Å². The van der Waals surface area contributed by atoms with Crippen molar-refractivity contribution in [1.29, 1.82) is 0 Å². The summed E-state index contributed by atoms with van der Waals surface area (Å²) in [7, 11) is 0. The Labute approximate surface area is 117 Å². The molecule has 1 aromatic carbocycles. The van der Waals surface area contributed by atoms with E-state index in [0.717, 1.165) is 31.6 Å². The molecule has 3 aromatic rings. The van der Waals surface area contributed by atoms with E-state index in [1.165, 1.54) is 0 Å². The standard InChI is InChI=1S/C14H9NO2S2/c16-14(17)6-3-10-2-5-12(19-10)9-1-4-11-13(7-9)18-8-15-11/h1-8H,(H,16,17)/b6-3+. The third kappa shape index (κ3) is 2.57. The lowest BCUT2D eigenvalue weighted by Gasteiger charge is -1.96. The fourth-order valence-electron chi connectivity index (χ4n) is 1.76. The zero-order chi connectivity index (χ0) is 13.2. The Kier molecular flexibility index (Phi) is 3.15. The molecular weight excluding hydrogens is 278 g/mol. The van der Waals surface area contributed by atoms with Crippen molar-refractivity contribution in [2.24, 2.45) is 0 Å². The summed E-state index contributed by atoms with van der Waals surface area (Å²) in [6.45, 7) is 0. The minimum atomic E-state index is -0.930. The van der Waals surface area contributed by atoms with Crippen LogP contribution in [0.25, 0.3) is 26.7 Å². The number of hydrogen-bond acceptors (Lipinski definition) is 4. The van der Waals surface area contributed by atoms with Gasteiger partial charge in [0.1, 0.15) is 0 Å². The molecule has 0 spiro atoms. The van der Waals surface area contributed by atoms with Crippen molar-refractivity contribution in [3.05, 3.63) is 46.8 Å². The third-order valence-corrected chi connectivity index (χ3v) is 4.52. The first kappa shape index (κ1) is 12.1. The number of rotatable bonds is 3. The minimum absolute atomic E-state index is 0.930. The van der Waals surface area contributed by atoms with Gasteiger partial charge >= 0.3 is 5.97 Å². The molecule has 0 bridgehead atoms. The molecule has 3 rings (SSSR count). The molecule has 0 unspecified atom stereocenters. The molecular formula is C14H9NO2S2. The molecule has 2 heterocycles. The molecule has 3 nitrogen and oxygen atoms in total. The molecule has 19 heavy (non-hydrogen) atoms. The summed E-state index contributed by atoms with van der Waals surface area (Å²) in [4.78, 5) is 16.8. The molecule has 94 valence electrons. The minimum Gasteiger partial charge on any atom is -0.478 e. The van der Waals surface area contributed by atoms with Crippen molar-refractivity contribution >= 4 is 44.9 Å². The first-order valence-electron chi connectivity index (χ1n) is 5.57. The number of carbonyl (C=O) groups is 1. The normalized spacial score (nSPS) is 11.4. The van der Waals surface area contributed by atoms with E-state index in [9.17, 15) is 4.79 Å². The summed E-state index contributed by atoms with van der Waals surface area (Å²) in [6, 6.07) is 10.1. The van der Waals surface area contributed by atoms with Gasteiger partial charge in [-0.2, -0.15) is 0 Å². The second kappa shape index (κ2) is 4.95. The third-order valence-electron chi connectivity index (χ3n) is 2.63. The lowest BCUT2D eigenvalue weighted by Crippen LogP contribution is -1.84. The first-order valence-corrected chi connectivity index (χ1v) is 7.26. The molecule has 1 N–H and O–H groups in total. The summed E-state index contributed by atoms with van der Waals surface area (Å²) in [5, 5.41) is 8.61. The van der Waals surface area contributed by atoms with Crippen molar-refractivity contribution < 1.29 is 9.90 Å². The Hall–Kier alpha value is -1.98. The molecule has 0 aliphatic carbocycles. The maximum atomic E-state index is 10.5. The highest BCUT2D eigenvalue weighted by Gasteiger charge is 2.04. The van der Waals surface area contributed by atoms with Gasteiger partial charge < -0.3 is 5.11 Å². The van der Waals surface area contributed by atoms with E-state index >= 15 is 0 Å². The van der Waals surface area contributed by atoms with Gasteiger partial charge in [0.15, 0.2) is 0 Å². The van der Waals surface area contributed by atoms with Crippen LogP contribution in [-0.2, 0) is 4.79 Å². The average molecular weight is 287 g/mol. The second-order valence-electron chi connectivity index (χ2n) is 3.91. The highest BCUT2D eigenvalue weighted by Crippen LogP contribution is 2.31. The fraction of sp³-hybridized carbons (Fsp3) is 0. The summed E-state index contributed by atoms with van der Waals surface area (Å²) in [5.74, 6) is -0.930. The van der Waals surface area contributed by atoms with Gasteiger partial charge in [0.05, 0.1) is 15.7 Å². The lowest BCUT2D eigenvalue weighted by molar-refractivity contribution is -0.131. The summed E-state index contributed by atoms with van der Waals surface area (Å²) in [6.07, 6.45) is 2.77. The topological polar surface area (TPSA) is 50.2 Å². The van der Waals surface area contributed by atoms with Crippen molar-refractivity contribution in [2.75, 3.05) is 0 Å². The Morgan fingerprint density at radius 1 is 1.26 bits per heavy atom. The van der Waals surface area contributed by atoms with Crippen molar-refractivity contribution in [3.63, 3.8) is 0 Å². The molecule has 0 amide bonds. The van der Waals surface area contributed by atoms with Crippen LogP contribution in [0, 0.1) is 0 Å². The maximum Gasteiger partial charge on any atom is 0.328 e. The molecule has 5 heteroatoms.